The number of piperidine rings is 1. The molecule has 186 valence electrons. The zero-order valence-corrected chi connectivity index (χ0v) is 22.6. The number of aromatic nitrogens is 3. The molecule has 0 spiro atoms. The second-order valence-corrected chi connectivity index (χ2v) is 10.5. The van der Waals surface area contributed by atoms with Gasteiger partial charge in [-0.1, -0.05) is 48.0 Å². The largest absolute Gasteiger partial charge is 0.370 e. The van der Waals surface area contributed by atoms with E-state index in [1.54, 1.807) is 10.7 Å². The van der Waals surface area contributed by atoms with E-state index in [-0.39, 0.29) is 6.03 Å². The number of urea groups is 1. The molecule has 0 aliphatic carbocycles. The molecule has 1 atom stereocenters. The number of carbonyl (C=O) groups excluding carboxylic acids is 1. The summed E-state index contributed by atoms with van der Waals surface area (Å²) in [6.45, 7) is 6.20. The third kappa shape index (κ3) is 5.06. The Morgan fingerprint density at radius 1 is 1.17 bits per heavy atom. The van der Waals surface area contributed by atoms with E-state index < -0.39 is 0 Å². The second-order valence-electron chi connectivity index (χ2n) is 9.27. The first-order chi connectivity index (χ1) is 17.4. The predicted molar refractivity (Wildman–Crippen MR) is 149 cm³/mol. The van der Waals surface area contributed by atoms with Crippen LogP contribution in [0.2, 0.25) is 5.02 Å². The van der Waals surface area contributed by atoms with Crippen molar-refractivity contribution in [1.29, 1.82) is 0 Å². The summed E-state index contributed by atoms with van der Waals surface area (Å²) in [4.78, 5) is 19.8. The molecule has 1 unspecified atom stereocenters. The summed E-state index contributed by atoms with van der Waals surface area (Å²) in [6.07, 6.45) is 3.76. The number of benzene rings is 2. The minimum Gasteiger partial charge on any atom is -0.370 e. The van der Waals surface area contributed by atoms with Gasteiger partial charge in [-0.05, 0) is 65.7 Å². The molecule has 9 heteroatoms. The van der Waals surface area contributed by atoms with Crippen LogP contribution >= 0.6 is 27.5 Å². The van der Waals surface area contributed by atoms with Gasteiger partial charge in [-0.25, -0.2) is 9.78 Å². The lowest BCUT2D eigenvalue weighted by molar-refractivity contribution is 0.180. The minimum atomic E-state index is -0.0413. The molecule has 2 amide bonds. The van der Waals surface area contributed by atoms with Gasteiger partial charge < -0.3 is 15.5 Å². The highest BCUT2D eigenvalue weighted by Gasteiger charge is 2.25. The molecule has 4 aromatic rings. The zero-order valence-electron chi connectivity index (χ0n) is 20.3. The number of halogens is 2. The topological polar surface area (TPSA) is 74.6 Å². The van der Waals surface area contributed by atoms with E-state index in [0.29, 0.717) is 29.7 Å². The molecule has 0 bridgehead atoms. The fourth-order valence-electron chi connectivity index (χ4n) is 4.73. The molecule has 36 heavy (non-hydrogen) atoms. The lowest BCUT2D eigenvalue weighted by Gasteiger charge is -2.33. The number of nitrogens with zero attached hydrogens (tertiary/aromatic N) is 4. The molecule has 3 heterocycles. The van der Waals surface area contributed by atoms with Crippen LogP contribution in [0.25, 0.3) is 16.9 Å². The van der Waals surface area contributed by atoms with Crippen LogP contribution in [0.3, 0.4) is 0 Å². The Morgan fingerprint density at radius 3 is 2.72 bits per heavy atom. The van der Waals surface area contributed by atoms with Crippen molar-refractivity contribution < 1.29 is 4.79 Å². The van der Waals surface area contributed by atoms with E-state index in [4.69, 9.17) is 16.6 Å². The summed E-state index contributed by atoms with van der Waals surface area (Å²) < 4.78 is 2.60. The number of para-hydroxylation sites is 1. The molecule has 0 saturated carbocycles. The molecular weight excluding hydrogens is 540 g/mol. The highest BCUT2D eigenvalue weighted by molar-refractivity contribution is 9.10. The molecule has 2 aromatic carbocycles. The van der Waals surface area contributed by atoms with Gasteiger partial charge in [-0.3, -0.25) is 0 Å². The number of carbonyl (C=O) groups is 1. The van der Waals surface area contributed by atoms with Gasteiger partial charge in [-0.2, -0.15) is 9.61 Å². The molecule has 1 aliphatic rings. The first-order valence-electron chi connectivity index (χ1n) is 12.1. The van der Waals surface area contributed by atoms with Crippen LogP contribution < -0.4 is 10.6 Å². The first kappa shape index (κ1) is 24.6. The molecule has 5 rings (SSSR count). The Bertz CT molecular complexity index is 1400. The minimum absolute atomic E-state index is 0.0413. The van der Waals surface area contributed by atoms with Crippen molar-refractivity contribution in [2.75, 3.05) is 30.3 Å². The molecule has 7 nitrogen and oxygen atoms in total. The maximum Gasteiger partial charge on any atom is 0.321 e. The fourth-order valence-corrected chi connectivity index (χ4v) is 5.31. The molecule has 2 aromatic heterocycles. The summed E-state index contributed by atoms with van der Waals surface area (Å²) in [6, 6.07) is 15.7. The molecular formula is C27H28BrClN6O. The van der Waals surface area contributed by atoms with Gasteiger partial charge in [0.2, 0.25) is 0 Å². The van der Waals surface area contributed by atoms with Gasteiger partial charge in [0.05, 0.1) is 16.4 Å². The Hall–Kier alpha value is -3.10. The molecule has 1 fully saturated rings. The molecule has 2 N–H and O–H groups in total. The number of anilines is 2. The third-order valence-electron chi connectivity index (χ3n) is 6.67. The smallest absolute Gasteiger partial charge is 0.321 e. The van der Waals surface area contributed by atoms with Gasteiger partial charge in [0, 0.05) is 42.0 Å². The second kappa shape index (κ2) is 10.5. The van der Waals surface area contributed by atoms with Crippen molar-refractivity contribution in [3.8, 4) is 11.3 Å². The van der Waals surface area contributed by atoms with Crippen LogP contribution in [0.4, 0.5) is 16.3 Å². The van der Waals surface area contributed by atoms with Crippen LogP contribution in [-0.2, 0) is 0 Å². The lowest BCUT2D eigenvalue weighted by atomic mass is 9.98. The number of nitrogens with one attached hydrogen (secondary N) is 2. The number of amides is 2. The number of aryl methyl sites for hydroxylation is 2. The SMILES string of the molecule is Cc1cccc(C)c1NC(=O)N1CCCC(CNc2cc(-c3ccccc3Cl)nc3c(Br)cnn23)C1. The van der Waals surface area contributed by atoms with Gasteiger partial charge in [0.1, 0.15) is 5.82 Å². The first-order valence-corrected chi connectivity index (χ1v) is 13.2. The Balaban J connectivity index is 1.31. The predicted octanol–water partition coefficient (Wildman–Crippen LogP) is 6.79. The van der Waals surface area contributed by atoms with E-state index >= 15 is 0 Å². The van der Waals surface area contributed by atoms with Crippen molar-refractivity contribution in [1.82, 2.24) is 19.5 Å². The summed E-state index contributed by atoms with van der Waals surface area (Å²) in [5.74, 6) is 1.14. The highest BCUT2D eigenvalue weighted by Crippen LogP contribution is 2.31. The van der Waals surface area contributed by atoms with Gasteiger partial charge in [-0.15, -0.1) is 0 Å². The van der Waals surface area contributed by atoms with E-state index in [1.165, 1.54) is 0 Å². The zero-order chi connectivity index (χ0) is 25.2. The molecule has 1 saturated heterocycles. The Morgan fingerprint density at radius 2 is 1.94 bits per heavy atom. The van der Waals surface area contributed by atoms with Crippen molar-refractivity contribution in [2.24, 2.45) is 5.92 Å². The van der Waals surface area contributed by atoms with Gasteiger partial charge >= 0.3 is 6.03 Å². The number of hydrogen-bond donors (Lipinski definition) is 2. The van der Waals surface area contributed by atoms with Crippen LogP contribution in [0.5, 0.6) is 0 Å². The maximum absolute atomic E-state index is 13.1. The summed E-state index contributed by atoms with van der Waals surface area (Å²) >= 11 is 10.0. The quantitative estimate of drug-likeness (QED) is 0.279. The van der Waals surface area contributed by atoms with Crippen molar-refractivity contribution in [2.45, 2.75) is 26.7 Å². The Kier molecular flexibility index (Phi) is 7.16. The molecule has 0 radical (unpaired) electrons. The van der Waals surface area contributed by atoms with E-state index in [2.05, 4.69) is 31.7 Å². The highest BCUT2D eigenvalue weighted by atomic mass is 79.9. The number of fused-ring (bicyclic) bond motifs is 1. The average molecular weight is 568 g/mol. The lowest BCUT2D eigenvalue weighted by Crippen LogP contribution is -2.44. The fraction of sp³-hybridized carbons (Fsp3) is 0.296. The average Bonchev–Trinajstić information content (AvgIpc) is 3.26. The van der Waals surface area contributed by atoms with Crippen LogP contribution in [0.15, 0.2) is 59.2 Å². The summed E-state index contributed by atoms with van der Waals surface area (Å²) in [5, 5.41) is 11.8. The van der Waals surface area contributed by atoms with Crippen molar-refractivity contribution in [3.63, 3.8) is 0 Å². The summed E-state index contributed by atoms with van der Waals surface area (Å²) in [7, 11) is 0. The van der Waals surface area contributed by atoms with E-state index in [0.717, 1.165) is 57.7 Å². The van der Waals surface area contributed by atoms with Crippen LogP contribution in [0.1, 0.15) is 24.0 Å². The monoisotopic (exact) mass is 566 g/mol. The van der Waals surface area contributed by atoms with Crippen LogP contribution in [0, 0.1) is 19.8 Å². The summed E-state index contributed by atoms with van der Waals surface area (Å²) in [5.41, 5.74) is 5.39. The maximum atomic E-state index is 13.1. The van der Waals surface area contributed by atoms with Crippen molar-refractivity contribution >= 4 is 50.7 Å². The molecule has 1 aliphatic heterocycles. The Labute approximate surface area is 224 Å². The van der Waals surface area contributed by atoms with Gasteiger partial charge in [0.15, 0.2) is 5.65 Å². The normalized spacial score (nSPS) is 15.8. The van der Waals surface area contributed by atoms with E-state index in [1.807, 2.05) is 67.3 Å². The number of likely N-dealkylation sites (tertiary alicyclic amines) is 1. The van der Waals surface area contributed by atoms with Crippen LogP contribution in [-0.4, -0.2) is 45.2 Å². The van der Waals surface area contributed by atoms with Crippen molar-refractivity contribution in [3.05, 3.63) is 75.4 Å². The number of rotatable bonds is 5. The third-order valence-corrected chi connectivity index (χ3v) is 7.56. The standard InChI is InChI=1S/C27H28BrClN6O/c1-17-7-5-8-18(2)25(17)33-27(36)34-12-6-9-19(16-34)14-30-24-13-23(20-10-3-4-11-22(20)29)32-26-21(28)15-31-35(24)26/h3-5,7-8,10-11,13,15,19,30H,6,9,12,14,16H2,1-2H3,(H,33,36). The van der Waals surface area contributed by atoms with Gasteiger partial charge in [0.25, 0.3) is 0 Å². The van der Waals surface area contributed by atoms with E-state index in [9.17, 15) is 4.79 Å². The number of hydrogen-bond acceptors (Lipinski definition) is 4.